The van der Waals surface area contributed by atoms with E-state index in [1.807, 2.05) is 18.2 Å². The number of halogens is 3. The van der Waals surface area contributed by atoms with Gasteiger partial charge in [0, 0.05) is 10.0 Å². The maximum Gasteiger partial charge on any atom is 0.162 e. The molecule has 0 aliphatic carbocycles. The van der Waals surface area contributed by atoms with Gasteiger partial charge < -0.3 is 9.47 Å². The van der Waals surface area contributed by atoms with Gasteiger partial charge >= 0.3 is 0 Å². The summed E-state index contributed by atoms with van der Waals surface area (Å²) in [6.45, 7) is 1.07. The summed E-state index contributed by atoms with van der Waals surface area (Å²) in [4.78, 5) is -0.256. The maximum atomic E-state index is 13.9. The number of rotatable bonds is 2. The molecule has 0 aromatic heterocycles. The molecular formula is C15H11Br2FO2. The van der Waals surface area contributed by atoms with Crippen molar-refractivity contribution in [3.05, 3.63) is 57.8 Å². The molecule has 3 rings (SSSR count). The molecule has 0 fully saturated rings. The third-order valence-electron chi connectivity index (χ3n) is 3.11. The van der Waals surface area contributed by atoms with Gasteiger partial charge in [-0.25, -0.2) is 4.39 Å². The fourth-order valence-corrected chi connectivity index (χ4v) is 3.73. The largest absolute Gasteiger partial charge is 0.486 e. The maximum absolute atomic E-state index is 13.9. The Kier molecular flexibility index (Phi) is 3.98. The smallest absolute Gasteiger partial charge is 0.162 e. The van der Waals surface area contributed by atoms with Gasteiger partial charge in [-0.05, 0) is 23.8 Å². The molecule has 1 heterocycles. The van der Waals surface area contributed by atoms with E-state index < -0.39 is 0 Å². The lowest BCUT2D eigenvalue weighted by atomic mass is 10.0. The van der Waals surface area contributed by atoms with Crippen molar-refractivity contribution >= 4 is 31.9 Å². The summed E-state index contributed by atoms with van der Waals surface area (Å²) < 4.78 is 25.8. The van der Waals surface area contributed by atoms with Crippen molar-refractivity contribution in [1.82, 2.24) is 0 Å². The van der Waals surface area contributed by atoms with Crippen LogP contribution in [0.4, 0.5) is 4.39 Å². The SMILES string of the molecule is Fc1ccccc1C(Br)c1cc2c(cc1Br)OCCO2. The zero-order chi connectivity index (χ0) is 14.1. The predicted molar refractivity (Wildman–Crippen MR) is 82.3 cm³/mol. The fraction of sp³-hybridized carbons (Fsp3) is 0.200. The first-order valence-corrected chi connectivity index (χ1v) is 7.85. The van der Waals surface area contributed by atoms with E-state index >= 15 is 0 Å². The zero-order valence-electron chi connectivity index (χ0n) is 10.4. The topological polar surface area (TPSA) is 18.5 Å². The quantitative estimate of drug-likeness (QED) is 0.670. The first-order chi connectivity index (χ1) is 9.66. The monoisotopic (exact) mass is 400 g/mol. The average Bonchev–Trinajstić information content (AvgIpc) is 2.46. The summed E-state index contributed by atoms with van der Waals surface area (Å²) in [7, 11) is 0. The molecule has 5 heteroatoms. The molecule has 1 aliphatic heterocycles. The Balaban J connectivity index is 2.03. The summed E-state index contributed by atoms with van der Waals surface area (Å²) in [6, 6.07) is 10.5. The van der Waals surface area contributed by atoms with Crippen LogP contribution in [0.1, 0.15) is 16.0 Å². The third-order valence-corrected chi connectivity index (χ3v) is 4.79. The van der Waals surface area contributed by atoms with E-state index in [0.717, 1.165) is 10.0 Å². The van der Waals surface area contributed by atoms with Crippen molar-refractivity contribution in [2.45, 2.75) is 4.83 Å². The molecule has 0 bridgehead atoms. The number of ether oxygens (including phenoxy) is 2. The number of hydrogen-bond acceptors (Lipinski definition) is 2. The number of fused-ring (bicyclic) bond motifs is 1. The van der Waals surface area contributed by atoms with Crippen molar-refractivity contribution in [3.63, 3.8) is 0 Å². The van der Waals surface area contributed by atoms with E-state index in [0.29, 0.717) is 30.3 Å². The Morgan fingerprint density at radius 2 is 1.65 bits per heavy atom. The first kappa shape index (κ1) is 13.9. The molecule has 0 amide bonds. The normalized spacial score (nSPS) is 14.9. The molecule has 2 aromatic carbocycles. The Hall–Kier alpha value is -1.07. The predicted octanol–water partition coefficient (Wildman–Crippen LogP) is 4.84. The Morgan fingerprint density at radius 3 is 2.35 bits per heavy atom. The fourth-order valence-electron chi connectivity index (χ4n) is 2.12. The highest BCUT2D eigenvalue weighted by Crippen LogP contribution is 2.42. The molecule has 20 heavy (non-hydrogen) atoms. The van der Waals surface area contributed by atoms with Crippen molar-refractivity contribution in [1.29, 1.82) is 0 Å². The second-order valence-corrected chi connectivity index (χ2v) is 6.17. The minimum Gasteiger partial charge on any atom is -0.486 e. The van der Waals surface area contributed by atoms with Gasteiger partial charge in [-0.3, -0.25) is 0 Å². The van der Waals surface area contributed by atoms with Crippen LogP contribution in [0.25, 0.3) is 0 Å². The Bertz CT molecular complexity index is 646. The second kappa shape index (κ2) is 5.74. The molecule has 0 saturated carbocycles. The molecule has 1 aliphatic rings. The summed E-state index contributed by atoms with van der Waals surface area (Å²) in [5.74, 6) is 1.16. The van der Waals surface area contributed by atoms with Crippen LogP contribution >= 0.6 is 31.9 Å². The van der Waals surface area contributed by atoms with Gasteiger partial charge in [-0.2, -0.15) is 0 Å². The summed E-state index contributed by atoms with van der Waals surface area (Å²) in [6.07, 6.45) is 0. The van der Waals surface area contributed by atoms with E-state index in [1.165, 1.54) is 6.07 Å². The highest BCUT2D eigenvalue weighted by molar-refractivity contribution is 9.11. The summed E-state index contributed by atoms with van der Waals surface area (Å²) >= 11 is 7.07. The minimum absolute atomic E-state index is 0.240. The van der Waals surface area contributed by atoms with E-state index in [1.54, 1.807) is 12.1 Å². The first-order valence-electron chi connectivity index (χ1n) is 6.14. The second-order valence-electron chi connectivity index (χ2n) is 4.40. The molecular weight excluding hydrogens is 391 g/mol. The molecule has 2 aromatic rings. The van der Waals surface area contributed by atoms with Crippen LogP contribution in [0.15, 0.2) is 40.9 Å². The van der Waals surface area contributed by atoms with Crippen molar-refractivity contribution in [2.24, 2.45) is 0 Å². The van der Waals surface area contributed by atoms with E-state index in [-0.39, 0.29) is 10.6 Å². The molecule has 0 saturated heterocycles. The number of hydrogen-bond donors (Lipinski definition) is 0. The molecule has 2 nitrogen and oxygen atoms in total. The van der Waals surface area contributed by atoms with Crippen LogP contribution in [-0.4, -0.2) is 13.2 Å². The van der Waals surface area contributed by atoms with Crippen LogP contribution in [-0.2, 0) is 0 Å². The highest BCUT2D eigenvalue weighted by Gasteiger charge is 2.21. The van der Waals surface area contributed by atoms with Crippen LogP contribution in [0.2, 0.25) is 0 Å². The minimum atomic E-state index is -0.256. The van der Waals surface area contributed by atoms with Crippen molar-refractivity contribution in [3.8, 4) is 11.5 Å². The lowest BCUT2D eigenvalue weighted by molar-refractivity contribution is 0.171. The van der Waals surface area contributed by atoms with Crippen LogP contribution in [0.5, 0.6) is 11.5 Å². The van der Waals surface area contributed by atoms with Gasteiger partial charge in [-0.15, -0.1) is 0 Å². The van der Waals surface area contributed by atoms with E-state index in [4.69, 9.17) is 9.47 Å². The van der Waals surface area contributed by atoms with E-state index in [9.17, 15) is 4.39 Å². The standard InChI is InChI=1S/C15H11Br2FO2/c16-11-8-14-13(19-5-6-20-14)7-10(11)15(17)9-3-1-2-4-12(9)18/h1-4,7-8,15H,5-6H2. The molecule has 1 unspecified atom stereocenters. The van der Waals surface area contributed by atoms with Gasteiger partial charge in [0.2, 0.25) is 0 Å². The van der Waals surface area contributed by atoms with Crippen LogP contribution in [0, 0.1) is 5.82 Å². The highest BCUT2D eigenvalue weighted by atomic mass is 79.9. The molecule has 1 atom stereocenters. The van der Waals surface area contributed by atoms with Gasteiger partial charge in [0.05, 0.1) is 4.83 Å². The van der Waals surface area contributed by atoms with Crippen molar-refractivity contribution in [2.75, 3.05) is 13.2 Å². The lowest BCUT2D eigenvalue weighted by Crippen LogP contribution is -2.15. The van der Waals surface area contributed by atoms with E-state index in [2.05, 4.69) is 31.9 Å². The van der Waals surface area contributed by atoms with Crippen LogP contribution < -0.4 is 9.47 Å². The molecule has 0 radical (unpaired) electrons. The van der Waals surface area contributed by atoms with Crippen LogP contribution in [0.3, 0.4) is 0 Å². The van der Waals surface area contributed by atoms with Crippen molar-refractivity contribution < 1.29 is 13.9 Å². The Morgan fingerprint density at radius 1 is 1.00 bits per heavy atom. The van der Waals surface area contributed by atoms with Gasteiger partial charge in [0.25, 0.3) is 0 Å². The van der Waals surface area contributed by atoms with Gasteiger partial charge in [-0.1, -0.05) is 50.1 Å². The number of alkyl halides is 1. The van der Waals surface area contributed by atoms with Gasteiger partial charge in [0.15, 0.2) is 11.5 Å². The molecule has 104 valence electrons. The lowest BCUT2D eigenvalue weighted by Gasteiger charge is -2.21. The Labute approximate surface area is 133 Å². The molecule has 0 N–H and O–H groups in total. The van der Waals surface area contributed by atoms with Gasteiger partial charge in [0.1, 0.15) is 19.0 Å². The summed E-state index contributed by atoms with van der Waals surface area (Å²) in [5, 5.41) is 0. The molecule has 0 spiro atoms. The number of benzene rings is 2. The average molecular weight is 402 g/mol. The third kappa shape index (κ3) is 2.56. The summed E-state index contributed by atoms with van der Waals surface area (Å²) in [5.41, 5.74) is 1.49. The zero-order valence-corrected chi connectivity index (χ0v) is 13.6.